The minimum absolute atomic E-state index is 0.0617. The second-order valence-corrected chi connectivity index (χ2v) is 4.48. The highest BCUT2D eigenvalue weighted by Crippen LogP contribution is 2.34. The molecule has 1 aromatic carbocycles. The summed E-state index contributed by atoms with van der Waals surface area (Å²) in [5.74, 6) is -1.13. The Bertz CT molecular complexity index is 518. The number of aromatic carboxylic acids is 1. The Hall–Kier alpha value is -1.26. The maximum Gasteiger partial charge on any atom is 0.336 e. The van der Waals surface area contributed by atoms with Crippen molar-refractivity contribution >= 4 is 39.0 Å². The van der Waals surface area contributed by atoms with Gasteiger partial charge in [-0.2, -0.15) is 0 Å². The maximum absolute atomic E-state index is 10.8. The molecule has 0 saturated heterocycles. The Labute approximate surface area is 88.2 Å². The van der Waals surface area contributed by atoms with E-state index in [2.05, 4.69) is 0 Å². The van der Waals surface area contributed by atoms with Gasteiger partial charge >= 0.3 is 5.97 Å². The number of benzene rings is 1. The molecule has 0 radical (unpaired) electrons. The lowest BCUT2D eigenvalue weighted by Crippen LogP contribution is -1.95. The maximum atomic E-state index is 10.8. The van der Waals surface area contributed by atoms with Crippen molar-refractivity contribution in [1.29, 1.82) is 0 Å². The molecule has 0 unspecified atom stereocenters. The van der Waals surface area contributed by atoms with E-state index in [1.165, 1.54) is 23.5 Å². The quantitative estimate of drug-likeness (QED) is 0.789. The molecule has 0 aliphatic rings. The summed E-state index contributed by atoms with van der Waals surface area (Å²) in [4.78, 5) is 10.8. The van der Waals surface area contributed by atoms with E-state index in [9.17, 15) is 9.90 Å². The van der Waals surface area contributed by atoms with Gasteiger partial charge in [-0.25, -0.2) is 4.79 Å². The van der Waals surface area contributed by atoms with Crippen LogP contribution in [0.1, 0.15) is 10.4 Å². The molecule has 2 aromatic rings. The second kappa shape index (κ2) is 3.15. The molecule has 0 aliphatic heterocycles. The van der Waals surface area contributed by atoms with Gasteiger partial charge in [0.15, 0.2) is 0 Å². The van der Waals surface area contributed by atoms with E-state index in [4.69, 9.17) is 16.7 Å². The van der Waals surface area contributed by atoms with Gasteiger partial charge in [-0.05, 0) is 18.2 Å². The van der Waals surface area contributed by atoms with E-state index in [0.29, 0.717) is 14.4 Å². The molecule has 2 N–H and O–H groups in total. The molecule has 0 aliphatic carbocycles. The van der Waals surface area contributed by atoms with Crippen LogP contribution in [0.15, 0.2) is 18.2 Å². The van der Waals surface area contributed by atoms with Crippen molar-refractivity contribution in [3.05, 3.63) is 28.1 Å². The normalized spacial score (nSPS) is 10.6. The average molecular weight is 229 g/mol. The van der Waals surface area contributed by atoms with Gasteiger partial charge in [0.05, 0.1) is 9.90 Å². The fourth-order valence-electron chi connectivity index (χ4n) is 1.27. The first-order valence-electron chi connectivity index (χ1n) is 3.73. The van der Waals surface area contributed by atoms with Crippen LogP contribution in [0, 0.1) is 0 Å². The van der Waals surface area contributed by atoms with Crippen molar-refractivity contribution in [2.24, 2.45) is 0 Å². The van der Waals surface area contributed by atoms with Crippen molar-refractivity contribution in [1.82, 2.24) is 0 Å². The zero-order valence-electron chi connectivity index (χ0n) is 6.82. The molecule has 0 fully saturated rings. The van der Waals surface area contributed by atoms with E-state index in [1.807, 2.05) is 0 Å². The third-order valence-electron chi connectivity index (χ3n) is 1.82. The fraction of sp³-hybridized carbons (Fsp3) is 0. The molecule has 0 spiro atoms. The summed E-state index contributed by atoms with van der Waals surface area (Å²) in [7, 11) is 0. The number of carboxylic acid groups (broad SMARTS) is 1. The zero-order chi connectivity index (χ0) is 10.3. The smallest absolute Gasteiger partial charge is 0.336 e. The van der Waals surface area contributed by atoms with Crippen molar-refractivity contribution in [3.8, 4) is 5.75 Å². The Morgan fingerprint density at radius 3 is 2.71 bits per heavy atom. The predicted octanol–water partition coefficient (Wildman–Crippen LogP) is 2.96. The number of phenols is 1. The number of aromatic hydroxyl groups is 1. The van der Waals surface area contributed by atoms with Crippen LogP contribution in [0.4, 0.5) is 0 Å². The largest absolute Gasteiger partial charge is 0.508 e. The molecule has 2 rings (SSSR count). The molecule has 0 atom stereocenters. The van der Waals surface area contributed by atoms with Gasteiger partial charge in [0.25, 0.3) is 0 Å². The van der Waals surface area contributed by atoms with Crippen LogP contribution in [0.25, 0.3) is 10.1 Å². The summed E-state index contributed by atoms with van der Waals surface area (Å²) in [5, 5.41) is 18.7. The summed E-state index contributed by atoms with van der Waals surface area (Å²) in [5.41, 5.74) is 0.0724. The molecule has 72 valence electrons. The molecule has 0 amide bonds. The molecule has 0 bridgehead atoms. The number of halogens is 1. The van der Waals surface area contributed by atoms with Crippen molar-refractivity contribution in [2.75, 3.05) is 0 Å². The number of hydrogen-bond acceptors (Lipinski definition) is 3. The molecule has 1 heterocycles. The Balaban J connectivity index is 2.85. The first-order chi connectivity index (χ1) is 6.58. The lowest BCUT2D eigenvalue weighted by Gasteiger charge is -1.98. The first-order valence-corrected chi connectivity index (χ1v) is 4.93. The van der Waals surface area contributed by atoms with Gasteiger partial charge in [0.1, 0.15) is 5.75 Å². The third kappa shape index (κ3) is 1.42. The van der Waals surface area contributed by atoms with Gasteiger partial charge in [-0.3, -0.25) is 0 Å². The number of carboxylic acids is 1. The number of hydrogen-bond donors (Lipinski definition) is 2. The molecule has 3 nitrogen and oxygen atoms in total. The van der Waals surface area contributed by atoms with Crippen LogP contribution < -0.4 is 0 Å². The van der Waals surface area contributed by atoms with Crippen molar-refractivity contribution in [2.45, 2.75) is 0 Å². The van der Waals surface area contributed by atoms with Crippen LogP contribution in [0.3, 0.4) is 0 Å². The minimum atomic E-state index is -1.07. The Morgan fingerprint density at radius 1 is 1.36 bits per heavy atom. The van der Waals surface area contributed by atoms with E-state index in [-0.39, 0.29) is 11.3 Å². The van der Waals surface area contributed by atoms with E-state index >= 15 is 0 Å². The van der Waals surface area contributed by atoms with Gasteiger partial charge < -0.3 is 10.2 Å². The molecule has 5 heteroatoms. The van der Waals surface area contributed by atoms with Crippen molar-refractivity contribution < 1.29 is 15.0 Å². The van der Waals surface area contributed by atoms with E-state index < -0.39 is 5.97 Å². The Morgan fingerprint density at radius 2 is 2.07 bits per heavy atom. The zero-order valence-corrected chi connectivity index (χ0v) is 8.39. The standard InChI is InChI=1S/C9H5ClO3S/c10-8-3-5-6(9(12)13)1-4(11)2-7(5)14-8/h1-3,11H,(H,12,13). The van der Waals surface area contributed by atoms with Crippen LogP contribution in [0.5, 0.6) is 5.75 Å². The van der Waals surface area contributed by atoms with E-state index in [1.54, 1.807) is 6.07 Å². The van der Waals surface area contributed by atoms with Crippen LogP contribution in [-0.4, -0.2) is 16.2 Å². The van der Waals surface area contributed by atoms with E-state index in [0.717, 1.165) is 0 Å². The fourth-order valence-corrected chi connectivity index (χ4v) is 2.47. The van der Waals surface area contributed by atoms with Gasteiger partial charge in [0.2, 0.25) is 0 Å². The molecule has 14 heavy (non-hydrogen) atoms. The topological polar surface area (TPSA) is 57.5 Å². The van der Waals surface area contributed by atoms with Crippen LogP contribution >= 0.6 is 22.9 Å². The summed E-state index contributed by atoms with van der Waals surface area (Å²) in [6.45, 7) is 0. The van der Waals surface area contributed by atoms with Crippen molar-refractivity contribution in [3.63, 3.8) is 0 Å². The summed E-state index contributed by atoms with van der Waals surface area (Å²) in [6, 6.07) is 4.30. The predicted molar refractivity (Wildman–Crippen MR) is 55.5 cm³/mol. The van der Waals surface area contributed by atoms with Crippen LogP contribution in [-0.2, 0) is 0 Å². The number of phenolic OH excluding ortho intramolecular Hbond substituents is 1. The average Bonchev–Trinajstić information content (AvgIpc) is 2.42. The number of carbonyl (C=O) groups is 1. The monoisotopic (exact) mass is 228 g/mol. The second-order valence-electron chi connectivity index (χ2n) is 2.76. The van der Waals surface area contributed by atoms with Crippen LogP contribution in [0.2, 0.25) is 4.34 Å². The number of fused-ring (bicyclic) bond motifs is 1. The number of rotatable bonds is 1. The van der Waals surface area contributed by atoms with Gasteiger partial charge in [-0.15, -0.1) is 11.3 Å². The third-order valence-corrected chi connectivity index (χ3v) is 3.03. The lowest BCUT2D eigenvalue weighted by molar-refractivity contribution is 0.0698. The summed E-state index contributed by atoms with van der Waals surface area (Å²) in [6.07, 6.45) is 0. The molecule has 0 saturated carbocycles. The Kier molecular flexibility index (Phi) is 2.09. The summed E-state index contributed by atoms with van der Waals surface area (Å²) >= 11 is 7.00. The van der Waals surface area contributed by atoms with Gasteiger partial charge in [-0.1, -0.05) is 11.6 Å². The summed E-state index contributed by atoms with van der Waals surface area (Å²) < 4.78 is 1.18. The van der Waals surface area contributed by atoms with Gasteiger partial charge in [0, 0.05) is 10.1 Å². The highest BCUT2D eigenvalue weighted by atomic mass is 35.5. The highest BCUT2D eigenvalue weighted by molar-refractivity contribution is 7.22. The molecule has 1 aromatic heterocycles. The molecular formula is C9H5ClO3S. The minimum Gasteiger partial charge on any atom is -0.508 e. The molecular weight excluding hydrogens is 224 g/mol. The number of thiophene rings is 1. The lowest BCUT2D eigenvalue weighted by atomic mass is 10.1. The highest BCUT2D eigenvalue weighted by Gasteiger charge is 2.12. The first kappa shape index (κ1) is 9.30. The SMILES string of the molecule is O=C(O)c1cc(O)cc2sc(Cl)cc12.